The van der Waals surface area contributed by atoms with Gasteiger partial charge in [-0.3, -0.25) is 0 Å². The van der Waals surface area contributed by atoms with Gasteiger partial charge in [0.2, 0.25) is 0 Å². The van der Waals surface area contributed by atoms with Gasteiger partial charge in [-0.25, -0.2) is 0 Å². The number of nitrogens with zero attached hydrogens (tertiary/aromatic N) is 2. The lowest BCUT2D eigenvalue weighted by Gasteiger charge is -2.11. The fourth-order valence-corrected chi connectivity index (χ4v) is 8.80. The smallest absolute Gasteiger partial charge is 0.136 e. The van der Waals surface area contributed by atoms with Crippen molar-refractivity contribution in [3.63, 3.8) is 0 Å². The molecule has 3 nitrogen and oxygen atoms in total. The summed E-state index contributed by atoms with van der Waals surface area (Å²) >= 11 is 1.86. The minimum Gasteiger partial charge on any atom is -0.456 e. The topological polar surface area (TPSA) is 41.9 Å². The molecule has 0 aliphatic carbocycles. The molecule has 0 aliphatic rings. The van der Waals surface area contributed by atoms with Crippen LogP contribution in [0.2, 0.25) is 0 Å². The summed E-state index contributed by atoms with van der Waals surface area (Å²) in [5.74, 6) is 0. The Labute approximate surface area is 273 Å². The molecule has 0 fully saturated rings. The first-order valence-corrected chi connectivity index (χ1v) is 16.5. The number of aromatic nitrogens is 1. The van der Waals surface area contributed by atoms with Gasteiger partial charge in [0.25, 0.3) is 0 Å². The van der Waals surface area contributed by atoms with Gasteiger partial charge >= 0.3 is 0 Å². The van der Waals surface area contributed by atoms with Crippen LogP contribution in [-0.4, -0.2) is 4.57 Å². The van der Waals surface area contributed by atoms with E-state index in [0.717, 1.165) is 49.4 Å². The molecular weight excluding hydrogens is 593 g/mol. The zero-order chi connectivity index (χ0) is 31.1. The van der Waals surface area contributed by atoms with Crippen molar-refractivity contribution in [1.29, 1.82) is 5.26 Å². The van der Waals surface area contributed by atoms with Crippen LogP contribution in [0.3, 0.4) is 0 Å². The third-order valence-corrected chi connectivity index (χ3v) is 10.7. The Bertz CT molecular complexity index is 2920. The van der Waals surface area contributed by atoms with E-state index in [1.807, 2.05) is 35.6 Å². The van der Waals surface area contributed by atoms with Crippen molar-refractivity contribution in [1.82, 2.24) is 4.57 Å². The lowest BCUT2D eigenvalue weighted by Crippen LogP contribution is -1.93. The first-order chi connectivity index (χ1) is 23.3. The highest BCUT2D eigenvalue weighted by molar-refractivity contribution is 7.27. The Kier molecular flexibility index (Phi) is 5.51. The molecule has 10 rings (SSSR count). The third-order valence-electron chi connectivity index (χ3n) is 9.45. The average molecular weight is 617 g/mol. The van der Waals surface area contributed by atoms with E-state index in [4.69, 9.17) is 4.42 Å². The van der Waals surface area contributed by atoms with Crippen LogP contribution in [0, 0.1) is 11.3 Å². The average Bonchev–Trinajstić information content (AvgIpc) is 3.81. The number of hydrogen-bond donors (Lipinski definition) is 0. The lowest BCUT2D eigenvalue weighted by atomic mass is 9.92. The second-order valence-electron chi connectivity index (χ2n) is 12.0. The Morgan fingerprint density at radius 1 is 0.511 bits per heavy atom. The molecule has 0 bridgehead atoms. The van der Waals surface area contributed by atoms with Crippen LogP contribution in [0.15, 0.2) is 150 Å². The van der Waals surface area contributed by atoms with Crippen LogP contribution in [0.5, 0.6) is 0 Å². The summed E-state index contributed by atoms with van der Waals surface area (Å²) in [4.78, 5) is 0. The summed E-state index contributed by atoms with van der Waals surface area (Å²) in [5, 5.41) is 16.7. The molecule has 0 atom stereocenters. The maximum atomic E-state index is 9.70. The highest BCUT2D eigenvalue weighted by Gasteiger charge is 2.22. The number of para-hydroxylation sites is 2. The number of furan rings is 1. The van der Waals surface area contributed by atoms with Gasteiger partial charge in [0.1, 0.15) is 11.2 Å². The minimum absolute atomic E-state index is 0.665. The first kappa shape index (κ1) is 26.1. The number of nitriles is 1. The molecule has 10 aromatic rings. The number of rotatable bonds is 3. The summed E-state index contributed by atoms with van der Waals surface area (Å²) in [6.45, 7) is 0. The van der Waals surface area contributed by atoms with Crippen molar-refractivity contribution in [3.8, 4) is 34.0 Å². The molecule has 7 aromatic carbocycles. The monoisotopic (exact) mass is 616 g/mol. The van der Waals surface area contributed by atoms with Gasteiger partial charge in [-0.15, -0.1) is 11.3 Å². The summed E-state index contributed by atoms with van der Waals surface area (Å²) in [7, 11) is 0. The normalized spacial score (nSPS) is 11.8. The summed E-state index contributed by atoms with van der Waals surface area (Å²) < 4.78 is 11.2. The second kappa shape index (κ2) is 9.92. The van der Waals surface area contributed by atoms with Gasteiger partial charge < -0.3 is 8.98 Å². The fraction of sp³-hybridized carbons (Fsp3) is 0. The molecular formula is C43H24N2OS. The molecule has 0 spiro atoms. The molecule has 3 aromatic heterocycles. The molecule has 0 aliphatic heterocycles. The SMILES string of the molecule is N#Cc1ccc2c(c1)c1ccccc1n2-c1cccc2c1sc1c(-c3ccccc3)ccc(-c3cccc4oc5ccccc5c34)c12. The molecule has 218 valence electrons. The van der Waals surface area contributed by atoms with Gasteiger partial charge in [0, 0.05) is 37.0 Å². The highest BCUT2D eigenvalue weighted by atomic mass is 32.1. The Balaban J connectivity index is 1.35. The number of benzene rings is 7. The first-order valence-electron chi connectivity index (χ1n) is 15.7. The zero-order valence-electron chi connectivity index (χ0n) is 25.1. The van der Waals surface area contributed by atoms with Crippen LogP contribution >= 0.6 is 11.3 Å². The highest BCUT2D eigenvalue weighted by Crippen LogP contribution is 2.49. The summed E-state index contributed by atoms with van der Waals surface area (Å²) in [6, 6.07) is 53.5. The number of hydrogen-bond acceptors (Lipinski definition) is 3. The maximum Gasteiger partial charge on any atom is 0.136 e. The van der Waals surface area contributed by atoms with E-state index in [0.29, 0.717) is 5.56 Å². The van der Waals surface area contributed by atoms with E-state index < -0.39 is 0 Å². The predicted octanol–water partition coefficient (Wildman–Crippen LogP) is 12.3. The summed E-state index contributed by atoms with van der Waals surface area (Å²) in [6.07, 6.45) is 0. The van der Waals surface area contributed by atoms with Crippen LogP contribution in [0.4, 0.5) is 0 Å². The van der Waals surface area contributed by atoms with E-state index in [1.54, 1.807) is 0 Å². The number of fused-ring (bicyclic) bond motifs is 9. The molecule has 0 radical (unpaired) electrons. The van der Waals surface area contributed by atoms with E-state index in [1.165, 1.54) is 42.4 Å². The maximum absolute atomic E-state index is 9.70. The molecule has 47 heavy (non-hydrogen) atoms. The number of thiophene rings is 1. The lowest BCUT2D eigenvalue weighted by molar-refractivity contribution is 0.669. The van der Waals surface area contributed by atoms with Crippen molar-refractivity contribution in [2.45, 2.75) is 0 Å². The van der Waals surface area contributed by atoms with E-state index in [2.05, 4.69) is 132 Å². The minimum atomic E-state index is 0.665. The molecule has 0 N–H and O–H groups in total. The molecule has 0 unspecified atom stereocenters. The molecule has 0 saturated carbocycles. The van der Waals surface area contributed by atoms with E-state index in [9.17, 15) is 5.26 Å². The Morgan fingerprint density at radius 2 is 1.21 bits per heavy atom. The molecule has 4 heteroatoms. The van der Waals surface area contributed by atoms with E-state index >= 15 is 0 Å². The predicted molar refractivity (Wildman–Crippen MR) is 197 cm³/mol. The van der Waals surface area contributed by atoms with Crippen molar-refractivity contribution in [2.24, 2.45) is 0 Å². The molecule has 0 amide bonds. The quantitative estimate of drug-likeness (QED) is 0.198. The van der Waals surface area contributed by atoms with Crippen LogP contribution < -0.4 is 0 Å². The van der Waals surface area contributed by atoms with Gasteiger partial charge in [-0.2, -0.15) is 5.26 Å². The standard InChI is InChI=1S/C43H24N2OS/c44-25-26-20-23-36-34(24-26)29-12-4-6-16-35(29)45(36)37-17-8-15-33-41-31(22-21-28(43(41)47-42(33)37)27-10-2-1-3-11-27)30-14-9-19-39-40(30)32-13-5-7-18-38(32)46-39/h1-24H. The largest absolute Gasteiger partial charge is 0.456 e. The fourth-order valence-electron chi connectivity index (χ4n) is 7.43. The Hall–Kier alpha value is -6.15. The van der Waals surface area contributed by atoms with Crippen molar-refractivity contribution >= 4 is 75.3 Å². The van der Waals surface area contributed by atoms with Crippen LogP contribution in [0.25, 0.3) is 91.9 Å². The second-order valence-corrected chi connectivity index (χ2v) is 13.0. The van der Waals surface area contributed by atoms with E-state index in [-0.39, 0.29) is 0 Å². The molecule has 3 heterocycles. The van der Waals surface area contributed by atoms with Gasteiger partial charge in [0.15, 0.2) is 0 Å². The molecule has 0 saturated heterocycles. The Morgan fingerprint density at radius 3 is 2.11 bits per heavy atom. The van der Waals surface area contributed by atoms with Gasteiger partial charge in [-0.05, 0) is 64.7 Å². The van der Waals surface area contributed by atoms with Crippen LogP contribution in [0.1, 0.15) is 5.56 Å². The van der Waals surface area contributed by atoms with Gasteiger partial charge in [0.05, 0.1) is 33.1 Å². The van der Waals surface area contributed by atoms with Crippen molar-refractivity contribution < 1.29 is 4.42 Å². The zero-order valence-corrected chi connectivity index (χ0v) is 25.9. The van der Waals surface area contributed by atoms with Crippen molar-refractivity contribution in [2.75, 3.05) is 0 Å². The van der Waals surface area contributed by atoms with Crippen molar-refractivity contribution in [3.05, 3.63) is 151 Å². The van der Waals surface area contributed by atoms with Gasteiger partial charge in [-0.1, -0.05) is 103 Å². The van der Waals surface area contributed by atoms with Crippen LogP contribution in [-0.2, 0) is 0 Å². The summed E-state index contributed by atoms with van der Waals surface area (Å²) in [5.41, 5.74) is 10.6. The third kappa shape index (κ3) is 3.72.